The van der Waals surface area contributed by atoms with E-state index in [1.54, 1.807) is 12.4 Å². The molecule has 4 nitrogen and oxygen atoms in total. The Morgan fingerprint density at radius 3 is 3.07 bits per heavy atom. The second-order valence-corrected chi connectivity index (χ2v) is 2.74. The average Bonchev–Trinajstić information content (AvgIpc) is 2.25. The summed E-state index contributed by atoms with van der Waals surface area (Å²) in [4.78, 5) is 14.0. The normalized spacial score (nSPS) is 10.3. The first-order valence-corrected chi connectivity index (χ1v) is 4.55. The molecule has 0 aliphatic rings. The van der Waals surface area contributed by atoms with Gasteiger partial charge in [0.1, 0.15) is 12.1 Å². The van der Waals surface area contributed by atoms with Crippen molar-refractivity contribution in [3.8, 4) is 0 Å². The van der Waals surface area contributed by atoms with Crippen molar-refractivity contribution in [3.05, 3.63) is 24.4 Å². The van der Waals surface area contributed by atoms with Gasteiger partial charge in [-0.15, -0.1) is 0 Å². The first-order valence-electron chi connectivity index (χ1n) is 4.55. The van der Waals surface area contributed by atoms with Crippen molar-refractivity contribution in [3.63, 3.8) is 0 Å². The van der Waals surface area contributed by atoms with Gasteiger partial charge in [0.25, 0.3) is 0 Å². The van der Waals surface area contributed by atoms with Gasteiger partial charge in [0.05, 0.1) is 0 Å². The van der Waals surface area contributed by atoms with Gasteiger partial charge in [-0.2, -0.15) is 5.10 Å². The van der Waals surface area contributed by atoms with Crippen LogP contribution in [0.4, 0.5) is 5.82 Å². The van der Waals surface area contributed by atoms with Gasteiger partial charge in [-0.05, 0) is 25.0 Å². The predicted molar refractivity (Wildman–Crippen MR) is 56.3 cm³/mol. The Labute approximate surface area is 83.1 Å². The monoisotopic (exact) mass is 191 g/mol. The zero-order valence-corrected chi connectivity index (χ0v) is 7.89. The van der Waals surface area contributed by atoms with Gasteiger partial charge < -0.3 is 4.79 Å². The SMILES string of the molecule is O=CCCCC=NNc1ccccn1. The van der Waals surface area contributed by atoms with Crippen LogP contribution < -0.4 is 5.43 Å². The lowest BCUT2D eigenvalue weighted by Crippen LogP contribution is -1.91. The fraction of sp³-hybridized carbons (Fsp3) is 0.300. The Bertz CT molecular complexity index is 285. The maximum atomic E-state index is 9.99. The minimum absolute atomic E-state index is 0.593. The van der Waals surface area contributed by atoms with Gasteiger partial charge in [0.15, 0.2) is 0 Å². The fourth-order valence-corrected chi connectivity index (χ4v) is 0.898. The molecule has 0 aliphatic carbocycles. The topological polar surface area (TPSA) is 54.4 Å². The van der Waals surface area contributed by atoms with Crippen molar-refractivity contribution < 1.29 is 4.79 Å². The molecule has 14 heavy (non-hydrogen) atoms. The zero-order valence-electron chi connectivity index (χ0n) is 7.89. The molecule has 0 aromatic carbocycles. The van der Waals surface area contributed by atoms with Crippen molar-refractivity contribution in [2.75, 3.05) is 5.43 Å². The second-order valence-electron chi connectivity index (χ2n) is 2.74. The van der Waals surface area contributed by atoms with Gasteiger partial charge in [0, 0.05) is 18.8 Å². The van der Waals surface area contributed by atoms with Crippen LogP contribution in [0.5, 0.6) is 0 Å². The molecule has 1 heterocycles. The van der Waals surface area contributed by atoms with Crippen molar-refractivity contribution in [2.45, 2.75) is 19.3 Å². The van der Waals surface area contributed by atoms with Crippen LogP contribution in [0.1, 0.15) is 19.3 Å². The predicted octanol–water partition coefficient (Wildman–Crippen LogP) is 1.85. The molecular weight excluding hydrogens is 178 g/mol. The van der Waals surface area contributed by atoms with Gasteiger partial charge >= 0.3 is 0 Å². The molecule has 1 rings (SSSR count). The summed E-state index contributed by atoms with van der Waals surface area (Å²) >= 11 is 0. The van der Waals surface area contributed by atoms with E-state index < -0.39 is 0 Å². The highest BCUT2D eigenvalue weighted by molar-refractivity contribution is 5.59. The van der Waals surface area contributed by atoms with E-state index >= 15 is 0 Å². The molecular formula is C10H13N3O. The summed E-state index contributed by atoms with van der Waals surface area (Å²) in [6, 6.07) is 5.57. The molecule has 74 valence electrons. The van der Waals surface area contributed by atoms with Crippen LogP contribution in [-0.2, 0) is 4.79 Å². The summed E-state index contributed by atoms with van der Waals surface area (Å²) < 4.78 is 0. The van der Waals surface area contributed by atoms with E-state index in [-0.39, 0.29) is 0 Å². The van der Waals surface area contributed by atoms with Gasteiger partial charge in [-0.3, -0.25) is 5.43 Å². The molecule has 0 fully saturated rings. The molecule has 0 unspecified atom stereocenters. The third-order valence-electron chi connectivity index (χ3n) is 1.59. The van der Waals surface area contributed by atoms with Crippen LogP contribution >= 0.6 is 0 Å². The molecule has 0 saturated heterocycles. The van der Waals surface area contributed by atoms with E-state index in [1.807, 2.05) is 18.2 Å². The number of pyridine rings is 1. The number of aromatic nitrogens is 1. The molecule has 0 aliphatic heterocycles. The Morgan fingerprint density at radius 2 is 2.36 bits per heavy atom. The molecule has 0 saturated carbocycles. The highest BCUT2D eigenvalue weighted by Gasteiger charge is 1.85. The van der Waals surface area contributed by atoms with E-state index in [4.69, 9.17) is 0 Å². The molecule has 1 aromatic heterocycles. The van der Waals surface area contributed by atoms with E-state index in [0.29, 0.717) is 6.42 Å². The van der Waals surface area contributed by atoms with Crippen molar-refractivity contribution in [1.82, 2.24) is 4.98 Å². The number of carbonyl (C=O) groups is 1. The maximum absolute atomic E-state index is 9.99. The van der Waals surface area contributed by atoms with Crippen molar-refractivity contribution in [1.29, 1.82) is 0 Å². The summed E-state index contributed by atoms with van der Waals surface area (Å²) in [5.41, 5.74) is 2.79. The molecule has 0 amide bonds. The first kappa shape index (κ1) is 10.4. The third kappa shape index (κ3) is 4.35. The second kappa shape index (κ2) is 6.77. The highest BCUT2D eigenvalue weighted by Crippen LogP contribution is 1.98. The third-order valence-corrected chi connectivity index (χ3v) is 1.59. The molecule has 4 heteroatoms. The largest absolute Gasteiger partial charge is 0.303 e. The van der Waals surface area contributed by atoms with E-state index in [2.05, 4.69) is 15.5 Å². The number of rotatable bonds is 6. The van der Waals surface area contributed by atoms with Gasteiger partial charge in [0.2, 0.25) is 0 Å². The van der Waals surface area contributed by atoms with Crippen molar-refractivity contribution >= 4 is 18.3 Å². The quantitative estimate of drug-likeness (QED) is 0.323. The van der Waals surface area contributed by atoms with Gasteiger partial charge in [-0.25, -0.2) is 4.98 Å². The first-order chi connectivity index (χ1) is 6.93. The number of nitrogens with one attached hydrogen (secondary N) is 1. The van der Waals surface area contributed by atoms with Crippen LogP contribution in [0.2, 0.25) is 0 Å². The van der Waals surface area contributed by atoms with E-state index in [1.165, 1.54) is 0 Å². The molecule has 1 aromatic rings. The smallest absolute Gasteiger partial charge is 0.146 e. The highest BCUT2D eigenvalue weighted by atomic mass is 16.1. The lowest BCUT2D eigenvalue weighted by Gasteiger charge is -1.96. The van der Waals surface area contributed by atoms with Crippen LogP contribution in [-0.4, -0.2) is 17.5 Å². The molecule has 0 radical (unpaired) electrons. The number of hydrazone groups is 1. The fourth-order valence-electron chi connectivity index (χ4n) is 0.898. The lowest BCUT2D eigenvalue weighted by atomic mass is 10.3. The summed E-state index contributed by atoms with van der Waals surface area (Å²) in [5.74, 6) is 0.721. The number of hydrogen-bond donors (Lipinski definition) is 1. The number of nitrogens with zero attached hydrogens (tertiary/aromatic N) is 2. The zero-order chi connectivity index (χ0) is 10.1. The average molecular weight is 191 g/mol. The Kier molecular flexibility index (Phi) is 5.01. The van der Waals surface area contributed by atoms with Crippen LogP contribution in [0.15, 0.2) is 29.5 Å². The van der Waals surface area contributed by atoms with E-state index in [0.717, 1.165) is 24.9 Å². The molecule has 0 bridgehead atoms. The standard InChI is InChI=1S/C10H13N3O/c14-9-5-1-3-8-12-13-10-6-2-4-7-11-10/h2,4,6-9H,1,3,5H2,(H,11,13). The Morgan fingerprint density at radius 1 is 1.43 bits per heavy atom. The van der Waals surface area contributed by atoms with Gasteiger partial charge in [-0.1, -0.05) is 6.07 Å². The minimum Gasteiger partial charge on any atom is -0.303 e. The summed E-state index contributed by atoms with van der Waals surface area (Å²) in [5, 5.41) is 3.96. The molecule has 0 spiro atoms. The van der Waals surface area contributed by atoms with Crippen LogP contribution in [0.25, 0.3) is 0 Å². The number of hydrogen-bond acceptors (Lipinski definition) is 4. The molecule has 0 atom stereocenters. The Balaban J connectivity index is 2.17. The maximum Gasteiger partial charge on any atom is 0.146 e. The summed E-state index contributed by atoms with van der Waals surface area (Å²) in [6.45, 7) is 0. The number of unbranched alkanes of at least 4 members (excludes halogenated alkanes) is 2. The van der Waals surface area contributed by atoms with E-state index in [9.17, 15) is 4.79 Å². The van der Waals surface area contributed by atoms with Crippen LogP contribution in [0, 0.1) is 0 Å². The van der Waals surface area contributed by atoms with Crippen LogP contribution in [0.3, 0.4) is 0 Å². The molecule has 1 N–H and O–H groups in total. The summed E-state index contributed by atoms with van der Waals surface area (Å²) in [7, 11) is 0. The summed E-state index contributed by atoms with van der Waals surface area (Å²) in [6.07, 6.45) is 6.60. The number of carbonyl (C=O) groups excluding carboxylic acids is 1. The number of anilines is 1. The lowest BCUT2D eigenvalue weighted by molar-refractivity contribution is -0.107. The minimum atomic E-state index is 0.593. The van der Waals surface area contributed by atoms with Crippen molar-refractivity contribution in [2.24, 2.45) is 5.10 Å². The Hall–Kier alpha value is -1.71. The number of aldehydes is 1.